The first-order valence-corrected chi connectivity index (χ1v) is 7.90. The van der Waals surface area contributed by atoms with Gasteiger partial charge in [0.15, 0.2) is 0 Å². The molecule has 4 heteroatoms. The summed E-state index contributed by atoms with van der Waals surface area (Å²) in [4.78, 5) is 0. The first kappa shape index (κ1) is 18.0. The van der Waals surface area contributed by atoms with Crippen LogP contribution in [0, 0.1) is 5.92 Å². The molecule has 0 aliphatic carbocycles. The Hall–Kier alpha value is -0.0300. The number of thioether (sulfide) groups is 1. The van der Waals surface area contributed by atoms with Gasteiger partial charge in [-0.25, -0.2) is 0 Å². The van der Waals surface area contributed by atoms with Crippen LogP contribution in [0.15, 0.2) is 12.7 Å². The monoisotopic (exact) mass is 275 g/mol. The Balaban J connectivity index is 3.36. The summed E-state index contributed by atoms with van der Waals surface area (Å²) in [5.41, 5.74) is 0. The fraction of sp³-hybridized carbons (Fsp3) is 0.857. The first-order chi connectivity index (χ1) is 8.56. The smallest absolute Gasteiger partial charge is 0.0897 e. The van der Waals surface area contributed by atoms with Gasteiger partial charge in [0.25, 0.3) is 0 Å². The molecule has 0 spiro atoms. The Morgan fingerprint density at radius 2 is 2.11 bits per heavy atom. The van der Waals surface area contributed by atoms with Crippen LogP contribution < -0.4 is 5.32 Å². The van der Waals surface area contributed by atoms with E-state index in [0.29, 0.717) is 19.1 Å². The average Bonchev–Trinajstić information content (AvgIpc) is 2.30. The second-order valence-corrected chi connectivity index (χ2v) is 6.14. The third-order valence-corrected chi connectivity index (χ3v) is 3.38. The number of rotatable bonds is 12. The Morgan fingerprint density at radius 1 is 1.39 bits per heavy atom. The lowest BCUT2D eigenvalue weighted by molar-refractivity contribution is -0.00829. The molecule has 0 amide bonds. The molecule has 108 valence electrons. The normalized spacial score (nSPS) is 14.7. The highest BCUT2D eigenvalue weighted by molar-refractivity contribution is 7.99. The Bertz CT molecular complexity index is 200. The summed E-state index contributed by atoms with van der Waals surface area (Å²) in [7, 11) is 0. The van der Waals surface area contributed by atoms with Gasteiger partial charge in [-0.1, -0.05) is 19.9 Å². The molecule has 0 aliphatic heterocycles. The number of hydrogen-bond donors (Lipinski definition) is 2. The summed E-state index contributed by atoms with van der Waals surface area (Å²) in [6, 6.07) is 0. The molecule has 2 unspecified atom stereocenters. The minimum atomic E-state index is -0.413. The summed E-state index contributed by atoms with van der Waals surface area (Å²) in [5.74, 6) is 2.67. The second kappa shape index (κ2) is 12.0. The maximum Gasteiger partial charge on any atom is 0.0897 e. The van der Waals surface area contributed by atoms with Crippen LogP contribution >= 0.6 is 11.8 Å². The molecule has 3 nitrogen and oxygen atoms in total. The molecule has 0 bridgehead atoms. The molecular weight excluding hydrogens is 246 g/mol. The van der Waals surface area contributed by atoms with Crippen molar-refractivity contribution in [1.82, 2.24) is 5.32 Å². The molecule has 0 aromatic carbocycles. The van der Waals surface area contributed by atoms with Gasteiger partial charge in [0, 0.05) is 24.6 Å². The van der Waals surface area contributed by atoms with Crippen LogP contribution in [0.2, 0.25) is 0 Å². The molecule has 0 radical (unpaired) electrons. The van der Waals surface area contributed by atoms with Gasteiger partial charge >= 0.3 is 0 Å². The van der Waals surface area contributed by atoms with Crippen LogP contribution in [0.3, 0.4) is 0 Å². The number of ether oxygens (including phenoxy) is 1. The van der Waals surface area contributed by atoms with Crippen molar-refractivity contribution >= 4 is 11.8 Å². The standard InChI is InChI=1S/C14H29NO2S/c1-5-7-18-8-6-15-10-14(16)11-17-13(4)9-12(2)3/h5,12-16H,1,6-11H2,2-4H3. The van der Waals surface area contributed by atoms with Crippen LogP contribution in [-0.4, -0.2) is 48.5 Å². The maximum atomic E-state index is 9.72. The minimum absolute atomic E-state index is 0.225. The zero-order valence-corrected chi connectivity index (χ0v) is 12.8. The van der Waals surface area contributed by atoms with Crippen molar-refractivity contribution in [2.45, 2.75) is 39.4 Å². The largest absolute Gasteiger partial charge is 0.389 e. The quantitative estimate of drug-likeness (QED) is 0.424. The lowest BCUT2D eigenvalue weighted by Gasteiger charge is -2.18. The van der Waals surface area contributed by atoms with E-state index in [1.165, 1.54) is 0 Å². The van der Waals surface area contributed by atoms with Crippen molar-refractivity contribution in [1.29, 1.82) is 0 Å². The number of nitrogens with one attached hydrogen (secondary N) is 1. The summed E-state index contributed by atoms with van der Waals surface area (Å²) in [6.45, 7) is 12.0. The van der Waals surface area contributed by atoms with E-state index in [1.54, 1.807) is 0 Å². The van der Waals surface area contributed by atoms with E-state index in [0.717, 1.165) is 24.5 Å². The topological polar surface area (TPSA) is 41.5 Å². The van der Waals surface area contributed by atoms with E-state index < -0.39 is 6.10 Å². The van der Waals surface area contributed by atoms with Gasteiger partial charge < -0.3 is 15.2 Å². The molecule has 0 heterocycles. The van der Waals surface area contributed by atoms with Crippen molar-refractivity contribution in [3.8, 4) is 0 Å². The Kier molecular flexibility index (Phi) is 12.0. The maximum absolute atomic E-state index is 9.72. The predicted molar refractivity (Wildman–Crippen MR) is 81.3 cm³/mol. The van der Waals surface area contributed by atoms with Gasteiger partial charge in [-0.2, -0.15) is 11.8 Å². The lowest BCUT2D eigenvalue weighted by Crippen LogP contribution is -2.33. The third kappa shape index (κ3) is 12.4. The van der Waals surface area contributed by atoms with Gasteiger partial charge in [0.2, 0.25) is 0 Å². The summed E-state index contributed by atoms with van der Waals surface area (Å²) >= 11 is 1.84. The predicted octanol–water partition coefficient (Wildman–Crippen LogP) is 2.31. The molecule has 0 aliphatic rings. The molecule has 0 aromatic rings. The van der Waals surface area contributed by atoms with Crippen LogP contribution in [0.5, 0.6) is 0 Å². The molecule has 18 heavy (non-hydrogen) atoms. The van der Waals surface area contributed by atoms with Gasteiger partial charge in [-0.3, -0.25) is 0 Å². The van der Waals surface area contributed by atoms with Crippen LogP contribution in [0.1, 0.15) is 27.2 Å². The van der Waals surface area contributed by atoms with Gasteiger partial charge in [0.1, 0.15) is 0 Å². The molecule has 0 rings (SSSR count). The van der Waals surface area contributed by atoms with Crippen molar-refractivity contribution in [2.75, 3.05) is 31.2 Å². The SMILES string of the molecule is C=CCSCCNCC(O)COC(C)CC(C)C. The molecule has 2 N–H and O–H groups in total. The number of hydrogen-bond acceptors (Lipinski definition) is 4. The lowest BCUT2D eigenvalue weighted by atomic mass is 10.1. The zero-order valence-electron chi connectivity index (χ0n) is 12.0. The van der Waals surface area contributed by atoms with Gasteiger partial charge in [-0.15, -0.1) is 6.58 Å². The van der Waals surface area contributed by atoms with Crippen LogP contribution in [-0.2, 0) is 4.74 Å². The van der Waals surface area contributed by atoms with E-state index in [-0.39, 0.29) is 6.10 Å². The molecule has 2 atom stereocenters. The van der Waals surface area contributed by atoms with Crippen molar-refractivity contribution in [2.24, 2.45) is 5.92 Å². The fourth-order valence-electron chi connectivity index (χ4n) is 1.65. The Labute approximate surface area is 116 Å². The van der Waals surface area contributed by atoms with Crippen LogP contribution in [0.25, 0.3) is 0 Å². The Morgan fingerprint density at radius 3 is 2.72 bits per heavy atom. The van der Waals surface area contributed by atoms with E-state index in [2.05, 4.69) is 32.7 Å². The van der Waals surface area contributed by atoms with Crippen molar-refractivity contribution in [3.05, 3.63) is 12.7 Å². The number of aliphatic hydroxyl groups excluding tert-OH is 1. The zero-order chi connectivity index (χ0) is 13.8. The van der Waals surface area contributed by atoms with E-state index in [9.17, 15) is 5.11 Å². The van der Waals surface area contributed by atoms with Crippen molar-refractivity contribution in [3.63, 3.8) is 0 Å². The van der Waals surface area contributed by atoms with Crippen LogP contribution in [0.4, 0.5) is 0 Å². The fourth-order valence-corrected chi connectivity index (χ4v) is 2.27. The summed E-state index contributed by atoms with van der Waals surface area (Å²) in [5, 5.41) is 12.9. The summed E-state index contributed by atoms with van der Waals surface area (Å²) in [6.07, 6.45) is 2.76. The first-order valence-electron chi connectivity index (χ1n) is 6.75. The minimum Gasteiger partial charge on any atom is -0.389 e. The van der Waals surface area contributed by atoms with E-state index in [4.69, 9.17) is 4.74 Å². The molecular formula is C14H29NO2S. The highest BCUT2D eigenvalue weighted by Gasteiger charge is 2.09. The summed E-state index contributed by atoms with van der Waals surface area (Å²) < 4.78 is 5.60. The number of aliphatic hydroxyl groups is 1. The molecule has 0 aromatic heterocycles. The molecule has 0 saturated heterocycles. The third-order valence-electron chi connectivity index (χ3n) is 2.42. The molecule has 0 fully saturated rings. The highest BCUT2D eigenvalue weighted by atomic mass is 32.2. The average molecular weight is 275 g/mol. The van der Waals surface area contributed by atoms with Gasteiger partial charge in [-0.05, 0) is 19.3 Å². The van der Waals surface area contributed by atoms with Crippen molar-refractivity contribution < 1.29 is 9.84 Å². The van der Waals surface area contributed by atoms with E-state index in [1.807, 2.05) is 17.8 Å². The second-order valence-electron chi connectivity index (χ2n) is 5.00. The molecule has 0 saturated carbocycles. The van der Waals surface area contributed by atoms with E-state index >= 15 is 0 Å². The van der Waals surface area contributed by atoms with Gasteiger partial charge in [0.05, 0.1) is 18.8 Å². The highest BCUT2D eigenvalue weighted by Crippen LogP contribution is 2.07.